The number of carbonyl (C=O) groups excluding carboxylic acids is 2. The second-order valence-electron chi connectivity index (χ2n) is 8.92. The number of carbonyl (C=O) groups is 2. The molecule has 0 saturated heterocycles. The van der Waals surface area contributed by atoms with Crippen LogP contribution in [0.15, 0.2) is 24.3 Å². The Labute approximate surface area is 138 Å². The highest BCUT2D eigenvalue weighted by Gasteiger charge is 2.60. The molecule has 3 nitrogen and oxygen atoms in total. The van der Waals surface area contributed by atoms with E-state index in [0.29, 0.717) is 12.8 Å². The van der Waals surface area contributed by atoms with Gasteiger partial charge in [-0.05, 0) is 37.0 Å². The molecule has 0 amide bonds. The summed E-state index contributed by atoms with van der Waals surface area (Å²) in [6.45, 7) is 12.0. The van der Waals surface area contributed by atoms with Crippen LogP contribution in [0.1, 0.15) is 53.4 Å². The molecule has 2 saturated carbocycles. The Morgan fingerprint density at radius 2 is 1.87 bits per heavy atom. The van der Waals surface area contributed by atoms with E-state index >= 15 is 0 Å². The molecule has 0 spiro atoms. The van der Waals surface area contributed by atoms with Gasteiger partial charge >= 0.3 is 0 Å². The monoisotopic (exact) mass is 316 g/mol. The summed E-state index contributed by atoms with van der Waals surface area (Å²) < 4.78 is 0. The lowest BCUT2D eigenvalue weighted by Gasteiger charge is -2.59. The van der Waals surface area contributed by atoms with E-state index in [9.17, 15) is 14.7 Å². The lowest BCUT2D eigenvalue weighted by molar-refractivity contribution is -0.162. The fourth-order valence-electron chi connectivity index (χ4n) is 5.51. The first-order chi connectivity index (χ1) is 10.6. The Bertz CT molecular complexity index is 614. The molecular formula is C20H28O3. The second kappa shape index (κ2) is 4.89. The predicted octanol–water partition coefficient (Wildman–Crippen LogP) is 3.47. The highest BCUT2D eigenvalue weighted by Crippen LogP contribution is 2.62. The lowest BCUT2D eigenvalue weighted by Crippen LogP contribution is -2.59. The minimum atomic E-state index is -0.895. The zero-order valence-corrected chi connectivity index (χ0v) is 14.7. The molecule has 0 unspecified atom stereocenters. The van der Waals surface area contributed by atoms with Crippen molar-refractivity contribution in [3.8, 4) is 0 Å². The van der Waals surface area contributed by atoms with Gasteiger partial charge in [-0.1, -0.05) is 38.5 Å². The third-order valence-corrected chi connectivity index (χ3v) is 7.17. The molecule has 0 aromatic heterocycles. The van der Waals surface area contributed by atoms with E-state index in [-0.39, 0.29) is 28.8 Å². The minimum Gasteiger partial charge on any atom is -0.385 e. The van der Waals surface area contributed by atoms with E-state index < -0.39 is 16.9 Å². The van der Waals surface area contributed by atoms with Crippen molar-refractivity contribution in [2.45, 2.75) is 59.5 Å². The number of Topliss-reactive ketones (excluding diaryl/α,β-unsaturated/α-hetero) is 2. The molecule has 2 fully saturated rings. The van der Waals surface area contributed by atoms with E-state index in [4.69, 9.17) is 0 Å². The van der Waals surface area contributed by atoms with Crippen LogP contribution < -0.4 is 0 Å². The lowest BCUT2D eigenvalue weighted by atomic mass is 9.45. The summed E-state index contributed by atoms with van der Waals surface area (Å²) >= 11 is 0. The summed E-state index contributed by atoms with van der Waals surface area (Å²) in [5, 5.41) is 10.4. The minimum absolute atomic E-state index is 0.0699. The van der Waals surface area contributed by atoms with Crippen molar-refractivity contribution < 1.29 is 14.7 Å². The molecule has 1 N–H and O–H groups in total. The van der Waals surface area contributed by atoms with Crippen molar-refractivity contribution >= 4 is 11.6 Å². The van der Waals surface area contributed by atoms with E-state index in [2.05, 4.69) is 19.6 Å². The quantitative estimate of drug-likeness (QED) is 0.754. The van der Waals surface area contributed by atoms with Crippen LogP contribution in [0.4, 0.5) is 0 Å². The molecular weight excluding hydrogens is 288 g/mol. The largest absolute Gasteiger partial charge is 0.385 e. The molecule has 3 aliphatic rings. The summed E-state index contributed by atoms with van der Waals surface area (Å²) in [6.07, 6.45) is 5.62. The molecule has 0 bridgehead atoms. The smallest absolute Gasteiger partial charge is 0.162 e. The highest BCUT2D eigenvalue weighted by molar-refractivity contribution is 5.89. The Kier molecular flexibility index (Phi) is 3.54. The number of hydrogen-bond donors (Lipinski definition) is 1. The normalized spacial score (nSPS) is 45.8. The first kappa shape index (κ1) is 16.6. The van der Waals surface area contributed by atoms with Gasteiger partial charge in [0.25, 0.3) is 0 Å². The third-order valence-electron chi connectivity index (χ3n) is 7.17. The molecule has 0 aromatic carbocycles. The summed E-state index contributed by atoms with van der Waals surface area (Å²) in [5.41, 5.74) is 0.154. The van der Waals surface area contributed by atoms with Gasteiger partial charge in [0.15, 0.2) is 5.78 Å². The Morgan fingerprint density at radius 1 is 1.22 bits per heavy atom. The fourth-order valence-corrected chi connectivity index (χ4v) is 5.51. The number of aliphatic hydroxyl groups excluding tert-OH is 1. The Hall–Kier alpha value is -1.22. The standard InChI is InChI=1S/C20H28O3/c1-6-19(4)10-12-7-8-15-18(2,3)17(23)14(21)11-20(15,5)13(12)9-16(19)22/h6-7,13,15,17,23H,1,8-11H2,2-5H3/t13-,15-,17-,19+,20+/m0/s1. The maximum Gasteiger partial charge on any atom is 0.162 e. The Balaban J connectivity index is 2.05. The van der Waals surface area contributed by atoms with Gasteiger partial charge < -0.3 is 5.11 Å². The summed E-state index contributed by atoms with van der Waals surface area (Å²) in [7, 11) is 0. The summed E-state index contributed by atoms with van der Waals surface area (Å²) in [6, 6.07) is 0. The van der Waals surface area contributed by atoms with Crippen LogP contribution in [-0.2, 0) is 9.59 Å². The first-order valence-electron chi connectivity index (χ1n) is 8.63. The van der Waals surface area contributed by atoms with Gasteiger partial charge in [0.2, 0.25) is 0 Å². The van der Waals surface area contributed by atoms with Crippen LogP contribution in [0, 0.1) is 28.1 Å². The van der Waals surface area contributed by atoms with Crippen molar-refractivity contribution in [1.29, 1.82) is 0 Å². The van der Waals surface area contributed by atoms with Crippen molar-refractivity contribution in [3.63, 3.8) is 0 Å². The molecule has 5 atom stereocenters. The van der Waals surface area contributed by atoms with E-state index in [1.54, 1.807) is 6.08 Å². The third kappa shape index (κ3) is 2.12. The molecule has 0 radical (unpaired) electrons. The van der Waals surface area contributed by atoms with Crippen LogP contribution in [0.3, 0.4) is 0 Å². The van der Waals surface area contributed by atoms with Gasteiger partial charge in [-0.25, -0.2) is 0 Å². The van der Waals surface area contributed by atoms with Crippen LogP contribution in [-0.4, -0.2) is 22.8 Å². The van der Waals surface area contributed by atoms with Gasteiger partial charge in [0.05, 0.1) is 0 Å². The average Bonchev–Trinajstić information content (AvgIpc) is 2.47. The molecule has 3 rings (SSSR count). The van der Waals surface area contributed by atoms with Crippen LogP contribution >= 0.6 is 0 Å². The van der Waals surface area contributed by atoms with Crippen molar-refractivity contribution in [1.82, 2.24) is 0 Å². The van der Waals surface area contributed by atoms with E-state index in [0.717, 1.165) is 12.8 Å². The van der Waals surface area contributed by atoms with Crippen molar-refractivity contribution in [2.75, 3.05) is 0 Å². The number of allylic oxidation sites excluding steroid dienone is 3. The molecule has 0 aliphatic heterocycles. The van der Waals surface area contributed by atoms with Crippen LogP contribution in [0.5, 0.6) is 0 Å². The average molecular weight is 316 g/mol. The molecule has 3 aliphatic carbocycles. The van der Waals surface area contributed by atoms with Gasteiger partial charge in [-0.15, -0.1) is 6.58 Å². The summed E-state index contributed by atoms with van der Waals surface area (Å²) in [4.78, 5) is 25.1. The van der Waals surface area contributed by atoms with E-state index in [1.807, 2.05) is 20.8 Å². The predicted molar refractivity (Wildman–Crippen MR) is 89.7 cm³/mol. The van der Waals surface area contributed by atoms with Crippen LogP contribution in [0.25, 0.3) is 0 Å². The second-order valence-corrected chi connectivity index (χ2v) is 8.92. The molecule has 3 heteroatoms. The molecule has 126 valence electrons. The maximum absolute atomic E-state index is 12.7. The zero-order chi connectivity index (χ0) is 17.2. The van der Waals surface area contributed by atoms with Crippen molar-refractivity contribution in [3.05, 3.63) is 24.3 Å². The number of hydrogen-bond acceptors (Lipinski definition) is 3. The van der Waals surface area contributed by atoms with Gasteiger partial charge in [0, 0.05) is 23.7 Å². The van der Waals surface area contributed by atoms with Gasteiger partial charge in [-0.3, -0.25) is 9.59 Å². The summed E-state index contributed by atoms with van der Waals surface area (Å²) in [5.74, 6) is 0.502. The van der Waals surface area contributed by atoms with Gasteiger partial charge in [0.1, 0.15) is 11.9 Å². The fraction of sp³-hybridized carbons (Fsp3) is 0.700. The van der Waals surface area contributed by atoms with Crippen LogP contribution in [0.2, 0.25) is 0 Å². The van der Waals surface area contributed by atoms with E-state index in [1.165, 1.54) is 5.57 Å². The zero-order valence-electron chi connectivity index (χ0n) is 14.7. The Morgan fingerprint density at radius 3 is 2.48 bits per heavy atom. The molecule has 0 heterocycles. The number of rotatable bonds is 1. The topological polar surface area (TPSA) is 54.4 Å². The maximum atomic E-state index is 12.7. The number of aliphatic hydroxyl groups is 1. The van der Waals surface area contributed by atoms with Gasteiger partial charge in [-0.2, -0.15) is 0 Å². The number of ketones is 2. The highest BCUT2D eigenvalue weighted by atomic mass is 16.3. The number of fused-ring (bicyclic) bond motifs is 3. The van der Waals surface area contributed by atoms with Crippen molar-refractivity contribution in [2.24, 2.45) is 28.1 Å². The molecule has 0 aromatic rings. The SMILES string of the molecule is C=C[C@]1(C)CC2=CC[C@H]3C(C)(C)[C@@H](O)C(=O)C[C@]3(C)[C@H]2CC1=O. The molecule has 23 heavy (non-hydrogen) atoms. The first-order valence-corrected chi connectivity index (χ1v) is 8.63.